The predicted octanol–water partition coefficient (Wildman–Crippen LogP) is 4.11. The Morgan fingerprint density at radius 2 is 1.96 bits per heavy atom. The molecule has 0 aliphatic rings. The van der Waals surface area contributed by atoms with Gasteiger partial charge in [0.15, 0.2) is 5.82 Å². The highest BCUT2D eigenvalue weighted by molar-refractivity contribution is 6.31. The molecular weight excluding hydrogens is 363 g/mol. The van der Waals surface area contributed by atoms with Gasteiger partial charge in [0.2, 0.25) is 0 Å². The van der Waals surface area contributed by atoms with E-state index in [0.29, 0.717) is 0 Å². The number of hydrogen-bond donors (Lipinski definition) is 1. The van der Waals surface area contributed by atoms with Crippen LogP contribution in [-0.4, -0.2) is 25.1 Å². The van der Waals surface area contributed by atoms with Crippen molar-refractivity contribution in [2.75, 3.05) is 0 Å². The number of aromatic amines is 1. The first-order valence-electron chi connectivity index (χ1n) is 6.65. The van der Waals surface area contributed by atoms with E-state index in [2.05, 4.69) is 20.2 Å². The van der Waals surface area contributed by atoms with Crippen LogP contribution in [0, 0.1) is 10.1 Å². The summed E-state index contributed by atoms with van der Waals surface area (Å²) in [5.74, 6) is -0.286. The van der Waals surface area contributed by atoms with Gasteiger partial charge in [-0.25, -0.2) is 9.97 Å². The molecule has 128 valence electrons. The topological polar surface area (TPSA) is 97.6 Å². The van der Waals surface area contributed by atoms with E-state index < -0.39 is 16.8 Å². The molecule has 0 bridgehead atoms. The summed E-state index contributed by atoms with van der Waals surface area (Å²) in [5.41, 5.74) is -1.12. The van der Waals surface area contributed by atoms with Crippen molar-refractivity contribution in [1.29, 1.82) is 0 Å². The van der Waals surface area contributed by atoms with Gasteiger partial charge >= 0.3 is 6.18 Å². The average molecular weight is 370 g/mol. The van der Waals surface area contributed by atoms with Crippen LogP contribution >= 0.6 is 11.6 Å². The van der Waals surface area contributed by atoms with E-state index in [9.17, 15) is 23.3 Å². The van der Waals surface area contributed by atoms with Crippen molar-refractivity contribution in [3.05, 3.63) is 57.5 Å². The third kappa shape index (κ3) is 3.29. The van der Waals surface area contributed by atoms with E-state index in [4.69, 9.17) is 11.6 Å². The van der Waals surface area contributed by atoms with Gasteiger partial charge in [0.25, 0.3) is 5.69 Å². The number of alkyl halides is 3. The molecule has 0 radical (unpaired) electrons. The number of nitro benzene ring substituents is 1. The van der Waals surface area contributed by atoms with Gasteiger partial charge in [-0.2, -0.15) is 18.3 Å². The van der Waals surface area contributed by atoms with Gasteiger partial charge in [-0.3, -0.25) is 15.2 Å². The fourth-order valence-electron chi connectivity index (χ4n) is 2.18. The molecule has 7 nitrogen and oxygen atoms in total. The maximum atomic E-state index is 12.8. The van der Waals surface area contributed by atoms with Crippen LogP contribution in [0.3, 0.4) is 0 Å². The molecule has 0 unspecified atom stereocenters. The summed E-state index contributed by atoms with van der Waals surface area (Å²) in [6.45, 7) is 0. The van der Waals surface area contributed by atoms with Crippen LogP contribution in [0.15, 0.2) is 36.7 Å². The maximum absolute atomic E-state index is 12.8. The molecule has 1 aromatic carbocycles. The average Bonchev–Trinajstić information content (AvgIpc) is 3.03. The van der Waals surface area contributed by atoms with Crippen molar-refractivity contribution < 1.29 is 18.1 Å². The molecule has 25 heavy (non-hydrogen) atoms. The zero-order valence-electron chi connectivity index (χ0n) is 12.1. The molecular formula is C14H7ClF3N5O2. The molecule has 1 N–H and O–H groups in total. The quantitative estimate of drug-likeness (QED) is 0.553. The summed E-state index contributed by atoms with van der Waals surface area (Å²) >= 11 is 5.77. The van der Waals surface area contributed by atoms with Crippen molar-refractivity contribution in [1.82, 2.24) is 20.2 Å². The van der Waals surface area contributed by atoms with Gasteiger partial charge in [0.1, 0.15) is 11.4 Å². The molecule has 0 saturated heterocycles. The number of hydrogen-bond acceptors (Lipinski definition) is 5. The Morgan fingerprint density at radius 3 is 2.64 bits per heavy atom. The summed E-state index contributed by atoms with van der Waals surface area (Å²) in [6.07, 6.45) is -2.45. The first-order valence-corrected chi connectivity index (χ1v) is 7.03. The highest BCUT2D eigenvalue weighted by Crippen LogP contribution is 2.37. The monoisotopic (exact) mass is 369 g/mol. The third-order valence-electron chi connectivity index (χ3n) is 3.26. The lowest BCUT2D eigenvalue weighted by atomic mass is 10.0. The van der Waals surface area contributed by atoms with Gasteiger partial charge in [0, 0.05) is 22.8 Å². The smallest absolute Gasteiger partial charge is 0.274 e. The van der Waals surface area contributed by atoms with Crippen LogP contribution in [0.5, 0.6) is 0 Å². The van der Waals surface area contributed by atoms with Crippen LogP contribution in [-0.2, 0) is 6.18 Å². The van der Waals surface area contributed by atoms with Crippen molar-refractivity contribution in [3.8, 4) is 22.6 Å². The van der Waals surface area contributed by atoms with E-state index in [-0.39, 0.29) is 33.4 Å². The van der Waals surface area contributed by atoms with E-state index in [1.807, 2.05) is 0 Å². The second-order valence-corrected chi connectivity index (χ2v) is 5.28. The number of H-pyrrole nitrogens is 1. The minimum Gasteiger partial charge on any atom is -0.274 e. The summed E-state index contributed by atoms with van der Waals surface area (Å²) in [6, 6.07) is 4.67. The fraction of sp³-hybridized carbons (Fsp3) is 0.0714. The van der Waals surface area contributed by atoms with E-state index in [0.717, 1.165) is 18.3 Å². The molecule has 3 aromatic rings. The van der Waals surface area contributed by atoms with Crippen molar-refractivity contribution in [2.24, 2.45) is 0 Å². The molecule has 0 amide bonds. The lowest BCUT2D eigenvalue weighted by Crippen LogP contribution is -2.09. The van der Waals surface area contributed by atoms with E-state index in [1.165, 1.54) is 18.3 Å². The van der Waals surface area contributed by atoms with Crippen LogP contribution in [0.4, 0.5) is 18.9 Å². The zero-order valence-corrected chi connectivity index (χ0v) is 12.8. The van der Waals surface area contributed by atoms with Crippen LogP contribution in [0.1, 0.15) is 5.69 Å². The highest BCUT2D eigenvalue weighted by Gasteiger charge is 2.33. The Morgan fingerprint density at radius 1 is 1.20 bits per heavy atom. The predicted molar refractivity (Wildman–Crippen MR) is 81.7 cm³/mol. The number of nitro groups is 1. The number of rotatable bonds is 3. The number of halogens is 4. The first kappa shape index (κ1) is 16.8. The minimum atomic E-state index is -4.65. The van der Waals surface area contributed by atoms with Crippen molar-refractivity contribution >= 4 is 17.3 Å². The molecule has 11 heteroatoms. The molecule has 0 spiro atoms. The Labute approximate surface area is 142 Å². The molecule has 2 aromatic heterocycles. The van der Waals surface area contributed by atoms with Crippen LogP contribution in [0.2, 0.25) is 5.02 Å². The Kier molecular flexibility index (Phi) is 4.13. The summed E-state index contributed by atoms with van der Waals surface area (Å²) in [5, 5.41) is 17.6. The second kappa shape index (κ2) is 6.13. The maximum Gasteiger partial charge on any atom is 0.433 e. The van der Waals surface area contributed by atoms with Gasteiger partial charge in [-0.1, -0.05) is 11.6 Å². The lowest BCUT2D eigenvalue weighted by molar-refractivity contribution is -0.384. The molecule has 3 rings (SSSR count). The SMILES string of the molecule is O=[N+]([O-])c1cc(Cl)ccc1-c1cn[nH]c1-c1nccc(C(F)(F)F)n1. The van der Waals surface area contributed by atoms with Gasteiger partial charge in [-0.15, -0.1) is 0 Å². The van der Waals surface area contributed by atoms with Gasteiger partial charge in [0.05, 0.1) is 16.7 Å². The molecule has 0 fully saturated rings. The minimum absolute atomic E-state index is 0.0246. The molecule has 0 atom stereocenters. The largest absolute Gasteiger partial charge is 0.433 e. The fourth-order valence-corrected chi connectivity index (χ4v) is 2.35. The van der Waals surface area contributed by atoms with Crippen LogP contribution < -0.4 is 0 Å². The van der Waals surface area contributed by atoms with Gasteiger partial charge in [-0.05, 0) is 18.2 Å². The Bertz CT molecular complexity index is 958. The summed E-state index contributed by atoms with van der Waals surface area (Å²) in [4.78, 5) is 17.8. The van der Waals surface area contributed by atoms with Crippen molar-refractivity contribution in [2.45, 2.75) is 6.18 Å². The van der Waals surface area contributed by atoms with Crippen molar-refractivity contribution in [3.63, 3.8) is 0 Å². The first-order chi connectivity index (χ1) is 11.8. The Balaban J connectivity index is 2.16. The molecule has 2 heterocycles. The lowest BCUT2D eigenvalue weighted by Gasteiger charge is -2.07. The van der Waals surface area contributed by atoms with Crippen LogP contribution in [0.25, 0.3) is 22.6 Å². The standard InChI is InChI=1S/C14H7ClF3N5O2/c15-7-1-2-8(10(5-7)23(24)25)9-6-20-22-12(9)13-19-4-3-11(21-13)14(16,17)18/h1-6H,(H,20,22). The molecule has 0 saturated carbocycles. The number of benzene rings is 1. The summed E-state index contributed by atoms with van der Waals surface area (Å²) < 4.78 is 38.5. The number of nitrogens with one attached hydrogen (secondary N) is 1. The van der Waals surface area contributed by atoms with E-state index >= 15 is 0 Å². The number of nitrogens with zero attached hydrogens (tertiary/aromatic N) is 4. The third-order valence-corrected chi connectivity index (χ3v) is 3.49. The second-order valence-electron chi connectivity index (χ2n) is 4.84. The van der Waals surface area contributed by atoms with Gasteiger partial charge < -0.3 is 0 Å². The highest BCUT2D eigenvalue weighted by atomic mass is 35.5. The molecule has 0 aliphatic carbocycles. The Hall–Kier alpha value is -3.01. The zero-order chi connectivity index (χ0) is 18.2. The van der Waals surface area contributed by atoms with E-state index in [1.54, 1.807) is 0 Å². The molecule has 0 aliphatic heterocycles. The normalized spacial score (nSPS) is 11.5. The summed E-state index contributed by atoms with van der Waals surface area (Å²) in [7, 11) is 0. The number of aromatic nitrogens is 4.